The molecule has 0 radical (unpaired) electrons. The van der Waals surface area contributed by atoms with Gasteiger partial charge in [0.25, 0.3) is 0 Å². The number of para-hydroxylation sites is 1. The van der Waals surface area contributed by atoms with Crippen molar-refractivity contribution in [2.75, 3.05) is 11.1 Å². The highest BCUT2D eigenvalue weighted by atomic mass is 32.2. The molecule has 1 amide bonds. The second kappa shape index (κ2) is 7.60. The molecule has 0 saturated heterocycles. The lowest BCUT2D eigenvalue weighted by atomic mass is 10.00. The topological polar surface area (TPSA) is 46.9 Å². The molecule has 4 aromatic rings. The minimum Gasteiger partial charge on any atom is -0.310 e. The highest BCUT2D eigenvalue weighted by molar-refractivity contribution is 8.00. The SMILES string of the molecule is O=C1CSC(c2ccccc2)c2c(-c3ccccc3)nn(-c3ccccc3)c2N1. The quantitative estimate of drug-likeness (QED) is 0.509. The number of amides is 1. The van der Waals surface area contributed by atoms with Crippen molar-refractivity contribution in [3.05, 3.63) is 102 Å². The van der Waals surface area contributed by atoms with Gasteiger partial charge in [0.05, 0.1) is 22.4 Å². The number of nitrogens with zero attached hydrogens (tertiary/aromatic N) is 2. The molecule has 1 aliphatic rings. The number of fused-ring (bicyclic) bond motifs is 1. The number of aromatic nitrogens is 2. The highest BCUT2D eigenvalue weighted by Crippen LogP contribution is 2.46. The zero-order valence-electron chi connectivity index (χ0n) is 15.7. The van der Waals surface area contributed by atoms with Gasteiger partial charge in [-0.2, -0.15) is 5.10 Å². The Labute approximate surface area is 173 Å². The second-order valence-corrected chi connectivity index (χ2v) is 7.97. The van der Waals surface area contributed by atoms with Crippen LogP contribution in [0.1, 0.15) is 16.4 Å². The van der Waals surface area contributed by atoms with Crippen LogP contribution in [0.5, 0.6) is 0 Å². The lowest BCUT2D eigenvalue weighted by Gasteiger charge is -2.16. The van der Waals surface area contributed by atoms with E-state index in [4.69, 9.17) is 5.10 Å². The van der Waals surface area contributed by atoms with E-state index in [1.165, 1.54) is 5.56 Å². The average molecular weight is 398 g/mol. The molecule has 29 heavy (non-hydrogen) atoms. The third-order valence-electron chi connectivity index (χ3n) is 4.97. The van der Waals surface area contributed by atoms with Gasteiger partial charge in [-0.1, -0.05) is 78.9 Å². The van der Waals surface area contributed by atoms with Crippen LogP contribution in [0.25, 0.3) is 16.9 Å². The molecule has 142 valence electrons. The molecule has 1 N–H and O–H groups in total. The smallest absolute Gasteiger partial charge is 0.235 e. The second-order valence-electron chi connectivity index (χ2n) is 6.87. The number of benzene rings is 3. The van der Waals surface area contributed by atoms with Crippen LogP contribution >= 0.6 is 11.8 Å². The van der Waals surface area contributed by atoms with Gasteiger partial charge in [0.15, 0.2) is 0 Å². The van der Waals surface area contributed by atoms with Crippen LogP contribution in [0.4, 0.5) is 5.82 Å². The molecule has 0 aliphatic carbocycles. The molecular weight excluding hydrogens is 378 g/mol. The zero-order valence-corrected chi connectivity index (χ0v) is 16.5. The zero-order chi connectivity index (χ0) is 19.6. The molecule has 0 fully saturated rings. The Morgan fingerprint density at radius 2 is 1.48 bits per heavy atom. The van der Waals surface area contributed by atoms with Crippen LogP contribution in [-0.2, 0) is 4.79 Å². The summed E-state index contributed by atoms with van der Waals surface area (Å²) in [4.78, 5) is 12.6. The molecule has 1 atom stereocenters. The van der Waals surface area contributed by atoms with Crippen LogP contribution < -0.4 is 5.32 Å². The summed E-state index contributed by atoms with van der Waals surface area (Å²) in [5.41, 5.74) is 5.07. The molecule has 1 aromatic heterocycles. The molecule has 5 heteroatoms. The Bertz CT molecular complexity index is 1140. The molecule has 3 aromatic carbocycles. The average Bonchev–Trinajstić information content (AvgIpc) is 3.05. The van der Waals surface area contributed by atoms with Crippen LogP contribution in [0.3, 0.4) is 0 Å². The normalized spacial score (nSPS) is 16.0. The fourth-order valence-corrected chi connectivity index (χ4v) is 4.79. The van der Waals surface area contributed by atoms with E-state index in [9.17, 15) is 4.79 Å². The van der Waals surface area contributed by atoms with Gasteiger partial charge >= 0.3 is 0 Å². The first-order chi connectivity index (χ1) is 14.3. The summed E-state index contributed by atoms with van der Waals surface area (Å²) < 4.78 is 1.86. The predicted octanol–water partition coefficient (Wildman–Crippen LogP) is 5.31. The summed E-state index contributed by atoms with van der Waals surface area (Å²) in [5, 5.41) is 8.10. The Morgan fingerprint density at radius 3 is 2.17 bits per heavy atom. The van der Waals surface area contributed by atoms with Crippen molar-refractivity contribution < 1.29 is 4.79 Å². The first-order valence-electron chi connectivity index (χ1n) is 9.51. The van der Waals surface area contributed by atoms with Crippen molar-refractivity contribution in [1.29, 1.82) is 0 Å². The fourth-order valence-electron chi connectivity index (χ4n) is 3.67. The lowest BCUT2D eigenvalue weighted by molar-refractivity contribution is -0.113. The highest BCUT2D eigenvalue weighted by Gasteiger charge is 2.32. The molecule has 5 rings (SSSR count). The summed E-state index contributed by atoms with van der Waals surface area (Å²) >= 11 is 1.64. The van der Waals surface area contributed by atoms with Gasteiger partial charge in [-0.15, -0.1) is 11.8 Å². The Hall–Kier alpha value is -3.31. The van der Waals surface area contributed by atoms with Crippen molar-refractivity contribution >= 4 is 23.5 Å². The van der Waals surface area contributed by atoms with Crippen molar-refractivity contribution in [1.82, 2.24) is 9.78 Å². The van der Waals surface area contributed by atoms with Gasteiger partial charge in [0.1, 0.15) is 5.82 Å². The number of carbonyl (C=O) groups excluding carboxylic acids is 1. The predicted molar refractivity (Wildman–Crippen MR) is 118 cm³/mol. The summed E-state index contributed by atoms with van der Waals surface area (Å²) in [5.74, 6) is 1.14. The van der Waals surface area contributed by atoms with Crippen molar-refractivity contribution in [2.45, 2.75) is 5.25 Å². The van der Waals surface area contributed by atoms with Gasteiger partial charge in [-0.3, -0.25) is 4.79 Å². The van der Waals surface area contributed by atoms with Crippen molar-refractivity contribution in [3.63, 3.8) is 0 Å². The monoisotopic (exact) mass is 397 g/mol. The van der Waals surface area contributed by atoms with E-state index < -0.39 is 0 Å². The largest absolute Gasteiger partial charge is 0.310 e. The fraction of sp³-hybridized carbons (Fsp3) is 0.0833. The minimum atomic E-state index is -0.00799. The van der Waals surface area contributed by atoms with Crippen LogP contribution in [0.15, 0.2) is 91.0 Å². The van der Waals surface area contributed by atoms with Gasteiger partial charge in [-0.25, -0.2) is 4.68 Å². The lowest BCUT2D eigenvalue weighted by Crippen LogP contribution is -2.15. The number of rotatable bonds is 3. The number of carbonyl (C=O) groups is 1. The standard InChI is InChI=1S/C24H19N3OS/c28-20-16-29-23(18-12-6-2-7-13-18)21-22(17-10-4-1-5-11-17)26-27(24(21)25-20)19-14-8-3-9-15-19/h1-15,23H,16H2,(H,25,28). The molecule has 0 spiro atoms. The number of anilines is 1. The Balaban J connectivity index is 1.79. The number of nitrogens with one attached hydrogen (secondary N) is 1. The van der Waals surface area contributed by atoms with E-state index in [0.717, 1.165) is 28.3 Å². The van der Waals surface area contributed by atoms with E-state index in [-0.39, 0.29) is 11.2 Å². The molecule has 1 unspecified atom stereocenters. The van der Waals surface area contributed by atoms with E-state index in [1.54, 1.807) is 11.8 Å². The first kappa shape index (κ1) is 17.8. The van der Waals surface area contributed by atoms with E-state index in [0.29, 0.717) is 5.75 Å². The maximum absolute atomic E-state index is 12.6. The number of thioether (sulfide) groups is 1. The molecule has 1 aliphatic heterocycles. The third-order valence-corrected chi connectivity index (χ3v) is 6.24. The van der Waals surface area contributed by atoms with Crippen LogP contribution in [0, 0.1) is 0 Å². The molecule has 0 bridgehead atoms. The maximum atomic E-state index is 12.6. The maximum Gasteiger partial charge on any atom is 0.235 e. The van der Waals surface area contributed by atoms with Crippen LogP contribution in [0.2, 0.25) is 0 Å². The van der Waals surface area contributed by atoms with Gasteiger partial charge in [-0.05, 0) is 17.7 Å². The van der Waals surface area contributed by atoms with E-state index >= 15 is 0 Å². The Kier molecular flexibility index (Phi) is 4.66. The summed E-state index contributed by atoms with van der Waals surface area (Å²) in [6, 6.07) is 30.4. The van der Waals surface area contributed by atoms with Crippen molar-refractivity contribution in [2.24, 2.45) is 0 Å². The summed E-state index contributed by atoms with van der Waals surface area (Å²) in [7, 11) is 0. The van der Waals surface area contributed by atoms with Crippen molar-refractivity contribution in [3.8, 4) is 16.9 Å². The van der Waals surface area contributed by atoms with Gasteiger partial charge < -0.3 is 5.32 Å². The summed E-state index contributed by atoms with van der Waals surface area (Å²) in [6.07, 6.45) is 0. The van der Waals surface area contributed by atoms with Gasteiger partial charge in [0, 0.05) is 11.1 Å². The number of hydrogen-bond acceptors (Lipinski definition) is 3. The Morgan fingerprint density at radius 1 is 0.862 bits per heavy atom. The number of hydrogen-bond donors (Lipinski definition) is 1. The molecular formula is C24H19N3OS. The third kappa shape index (κ3) is 3.34. The van der Waals surface area contributed by atoms with E-state index in [1.807, 2.05) is 71.4 Å². The van der Waals surface area contributed by atoms with Gasteiger partial charge in [0.2, 0.25) is 5.91 Å². The summed E-state index contributed by atoms with van der Waals surface area (Å²) in [6.45, 7) is 0. The van der Waals surface area contributed by atoms with Crippen LogP contribution in [-0.4, -0.2) is 21.4 Å². The van der Waals surface area contributed by atoms with E-state index in [2.05, 4.69) is 29.6 Å². The first-order valence-corrected chi connectivity index (χ1v) is 10.6. The minimum absolute atomic E-state index is 0.00799. The molecule has 0 saturated carbocycles. The molecule has 4 nitrogen and oxygen atoms in total. The molecule has 2 heterocycles.